The summed E-state index contributed by atoms with van der Waals surface area (Å²) in [6.45, 7) is 3.82. The quantitative estimate of drug-likeness (QED) is 0.0346. The monoisotopic (exact) mass is 744 g/mol. The molecule has 1 fully saturated rings. The van der Waals surface area contributed by atoms with E-state index in [4.69, 9.17) is 9.47 Å². The molecule has 1 amide bonds. The van der Waals surface area contributed by atoms with Gasteiger partial charge in [0, 0.05) is 6.42 Å². The van der Waals surface area contributed by atoms with Gasteiger partial charge in [-0.2, -0.15) is 0 Å². The van der Waals surface area contributed by atoms with Crippen molar-refractivity contribution < 1.29 is 39.8 Å². The molecule has 1 heterocycles. The third-order valence-corrected chi connectivity index (χ3v) is 11.0. The van der Waals surface area contributed by atoms with E-state index in [-0.39, 0.29) is 12.5 Å². The van der Waals surface area contributed by atoms with Crippen molar-refractivity contribution in [1.82, 2.24) is 5.32 Å². The summed E-state index contributed by atoms with van der Waals surface area (Å²) in [4.78, 5) is 12.9. The highest BCUT2D eigenvalue weighted by molar-refractivity contribution is 5.76. The molecule has 9 heteroatoms. The fourth-order valence-electron chi connectivity index (χ4n) is 7.34. The molecule has 9 nitrogen and oxygen atoms in total. The average molecular weight is 744 g/mol. The van der Waals surface area contributed by atoms with Crippen molar-refractivity contribution in [3.63, 3.8) is 0 Å². The Morgan fingerprint density at radius 1 is 0.577 bits per heavy atom. The Kier molecular flexibility index (Phi) is 32.8. The summed E-state index contributed by atoms with van der Waals surface area (Å²) in [6, 6.07) is -0.710. The number of hydrogen-bond donors (Lipinski definition) is 6. The number of aliphatic hydroxyl groups excluding tert-OH is 5. The summed E-state index contributed by atoms with van der Waals surface area (Å²) in [5, 5.41) is 54.2. The van der Waals surface area contributed by atoms with Crippen molar-refractivity contribution in [2.75, 3.05) is 13.2 Å². The number of aliphatic hydroxyl groups is 5. The van der Waals surface area contributed by atoms with E-state index in [1.165, 1.54) is 148 Å². The van der Waals surface area contributed by atoms with Gasteiger partial charge in [0.2, 0.25) is 5.91 Å². The van der Waals surface area contributed by atoms with E-state index in [1.807, 2.05) is 0 Å². The maximum atomic E-state index is 12.9. The first-order chi connectivity index (χ1) is 25.3. The predicted molar refractivity (Wildman–Crippen MR) is 212 cm³/mol. The van der Waals surface area contributed by atoms with E-state index in [2.05, 4.69) is 19.2 Å². The van der Waals surface area contributed by atoms with Crippen LogP contribution in [-0.2, 0) is 14.3 Å². The minimum absolute atomic E-state index is 0.132. The third kappa shape index (κ3) is 25.3. The summed E-state index contributed by atoms with van der Waals surface area (Å²) >= 11 is 0. The molecule has 310 valence electrons. The van der Waals surface area contributed by atoms with E-state index in [1.54, 1.807) is 0 Å². The molecule has 1 aliphatic rings. The molecular weight excluding hydrogens is 658 g/mol. The lowest BCUT2D eigenvalue weighted by Gasteiger charge is -2.40. The van der Waals surface area contributed by atoms with Crippen LogP contribution in [0.4, 0.5) is 0 Å². The topological polar surface area (TPSA) is 149 Å². The molecule has 1 rings (SSSR count). The number of ether oxygens (including phenoxy) is 2. The molecule has 0 aromatic rings. The molecule has 7 atom stereocenters. The average Bonchev–Trinajstić information content (AvgIpc) is 3.14. The molecule has 0 aromatic carbocycles. The smallest absolute Gasteiger partial charge is 0.220 e. The zero-order valence-corrected chi connectivity index (χ0v) is 33.8. The molecule has 1 aliphatic heterocycles. The van der Waals surface area contributed by atoms with Crippen LogP contribution in [0, 0.1) is 0 Å². The number of rotatable bonds is 37. The van der Waals surface area contributed by atoms with Crippen LogP contribution in [0.1, 0.15) is 213 Å². The van der Waals surface area contributed by atoms with Crippen LogP contribution in [0.15, 0.2) is 0 Å². The van der Waals surface area contributed by atoms with Crippen LogP contribution in [-0.4, -0.2) is 87.5 Å². The standard InChI is InChI=1S/C43H85NO8/c1-3-5-7-9-11-13-15-16-17-18-19-20-21-22-23-24-26-28-30-32-37(46)36(35-51-43-42(50)41(49)40(48)38(34-45)52-43)44-39(47)33-31-29-27-25-14-12-10-8-6-4-2/h36-38,40-43,45-46,48-50H,3-35H2,1-2H3,(H,44,47). The van der Waals surface area contributed by atoms with Gasteiger partial charge in [0.25, 0.3) is 0 Å². The van der Waals surface area contributed by atoms with Crippen molar-refractivity contribution in [2.45, 2.75) is 256 Å². The highest BCUT2D eigenvalue weighted by Crippen LogP contribution is 2.23. The van der Waals surface area contributed by atoms with Gasteiger partial charge < -0.3 is 40.3 Å². The molecule has 0 saturated carbocycles. The van der Waals surface area contributed by atoms with Gasteiger partial charge in [0.15, 0.2) is 6.29 Å². The molecule has 52 heavy (non-hydrogen) atoms. The lowest BCUT2D eigenvalue weighted by molar-refractivity contribution is -0.302. The van der Waals surface area contributed by atoms with Gasteiger partial charge in [-0.05, 0) is 12.8 Å². The van der Waals surface area contributed by atoms with Gasteiger partial charge in [0.05, 0.1) is 25.4 Å². The van der Waals surface area contributed by atoms with E-state index >= 15 is 0 Å². The summed E-state index contributed by atoms with van der Waals surface area (Å²) in [6.07, 6.45) is 29.7. The van der Waals surface area contributed by atoms with Gasteiger partial charge in [0.1, 0.15) is 24.4 Å². The zero-order chi connectivity index (χ0) is 38.1. The summed E-state index contributed by atoms with van der Waals surface area (Å²) in [5.74, 6) is -0.144. The normalized spacial score (nSPS) is 21.7. The number of hydrogen-bond acceptors (Lipinski definition) is 8. The zero-order valence-electron chi connectivity index (χ0n) is 33.8. The van der Waals surface area contributed by atoms with E-state index in [9.17, 15) is 30.3 Å². The highest BCUT2D eigenvalue weighted by atomic mass is 16.7. The molecular formula is C43H85NO8. The predicted octanol–water partition coefficient (Wildman–Crippen LogP) is 8.78. The van der Waals surface area contributed by atoms with Gasteiger partial charge in [-0.1, -0.05) is 194 Å². The summed E-state index contributed by atoms with van der Waals surface area (Å²) < 4.78 is 11.2. The maximum absolute atomic E-state index is 12.9. The third-order valence-electron chi connectivity index (χ3n) is 11.0. The Hall–Kier alpha value is -0.810. The molecule has 0 spiro atoms. The molecule has 0 bridgehead atoms. The van der Waals surface area contributed by atoms with Crippen LogP contribution in [0.25, 0.3) is 0 Å². The number of nitrogens with one attached hydrogen (secondary N) is 1. The van der Waals surface area contributed by atoms with Gasteiger partial charge >= 0.3 is 0 Å². The van der Waals surface area contributed by atoms with Crippen molar-refractivity contribution in [3.8, 4) is 0 Å². The number of carbonyl (C=O) groups excluding carboxylic acids is 1. The van der Waals surface area contributed by atoms with Gasteiger partial charge in [-0.15, -0.1) is 0 Å². The molecule has 0 radical (unpaired) electrons. The molecule has 0 aromatic heterocycles. The fourth-order valence-corrected chi connectivity index (χ4v) is 7.34. The Balaban J connectivity index is 2.30. The lowest BCUT2D eigenvalue weighted by Crippen LogP contribution is -2.60. The SMILES string of the molecule is CCCCCCCCCCCCCCCCCCCCCC(O)C(COC1OC(CO)C(O)C(O)C1O)NC(=O)CCCCCCCCCCCC. The summed E-state index contributed by atoms with van der Waals surface area (Å²) in [7, 11) is 0. The first kappa shape index (κ1) is 49.2. The molecule has 7 unspecified atom stereocenters. The Labute approximate surface area is 319 Å². The van der Waals surface area contributed by atoms with Crippen molar-refractivity contribution in [3.05, 3.63) is 0 Å². The highest BCUT2D eigenvalue weighted by Gasteiger charge is 2.44. The number of unbranched alkanes of at least 4 members (excludes halogenated alkanes) is 27. The lowest BCUT2D eigenvalue weighted by atomic mass is 9.99. The van der Waals surface area contributed by atoms with E-state index in [0.29, 0.717) is 12.8 Å². The van der Waals surface area contributed by atoms with Crippen LogP contribution in [0.5, 0.6) is 0 Å². The Morgan fingerprint density at radius 2 is 0.962 bits per heavy atom. The Bertz CT molecular complexity index is 786. The van der Waals surface area contributed by atoms with Crippen LogP contribution in [0.2, 0.25) is 0 Å². The van der Waals surface area contributed by atoms with Crippen LogP contribution < -0.4 is 5.32 Å². The number of carbonyl (C=O) groups is 1. The van der Waals surface area contributed by atoms with Crippen molar-refractivity contribution in [2.24, 2.45) is 0 Å². The second kappa shape index (κ2) is 34.7. The second-order valence-corrected chi connectivity index (χ2v) is 15.9. The first-order valence-corrected chi connectivity index (χ1v) is 22.2. The minimum Gasteiger partial charge on any atom is -0.394 e. The van der Waals surface area contributed by atoms with E-state index < -0.39 is 49.5 Å². The molecule has 0 aliphatic carbocycles. The minimum atomic E-state index is -1.55. The number of amides is 1. The molecule has 1 saturated heterocycles. The van der Waals surface area contributed by atoms with Gasteiger partial charge in [-0.25, -0.2) is 0 Å². The van der Waals surface area contributed by atoms with Crippen molar-refractivity contribution >= 4 is 5.91 Å². The van der Waals surface area contributed by atoms with Gasteiger partial charge in [-0.3, -0.25) is 4.79 Å². The second-order valence-electron chi connectivity index (χ2n) is 15.9. The fraction of sp³-hybridized carbons (Fsp3) is 0.977. The maximum Gasteiger partial charge on any atom is 0.220 e. The van der Waals surface area contributed by atoms with Crippen LogP contribution in [0.3, 0.4) is 0 Å². The molecule has 6 N–H and O–H groups in total. The van der Waals surface area contributed by atoms with Crippen LogP contribution >= 0.6 is 0 Å². The summed E-state index contributed by atoms with van der Waals surface area (Å²) in [5.41, 5.74) is 0. The first-order valence-electron chi connectivity index (χ1n) is 22.2. The van der Waals surface area contributed by atoms with Crippen molar-refractivity contribution in [1.29, 1.82) is 0 Å². The largest absolute Gasteiger partial charge is 0.394 e. The Morgan fingerprint density at radius 3 is 1.37 bits per heavy atom. The van der Waals surface area contributed by atoms with E-state index in [0.717, 1.165) is 38.5 Å².